The monoisotopic (exact) mass is 414 g/mol. The molecule has 0 aliphatic carbocycles. The Morgan fingerprint density at radius 2 is 2.17 bits per heavy atom. The minimum atomic E-state index is -0.161. The van der Waals surface area contributed by atoms with Crippen LogP contribution in [0.3, 0.4) is 0 Å². The van der Waals surface area contributed by atoms with E-state index in [0.717, 1.165) is 31.5 Å². The van der Waals surface area contributed by atoms with Gasteiger partial charge in [0.1, 0.15) is 5.82 Å². The van der Waals surface area contributed by atoms with Gasteiger partial charge in [0.15, 0.2) is 0 Å². The van der Waals surface area contributed by atoms with Gasteiger partial charge in [-0.1, -0.05) is 13.0 Å². The Kier molecular flexibility index (Phi) is 5.80. The fraction of sp³-hybridized carbons (Fsp3) is 0.524. The first-order chi connectivity index (χ1) is 14.1. The van der Waals surface area contributed by atoms with Crippen LogP contribution in [0.15, 0.2) is 22.3 Å². The molecule has 2 aliphatic rings. The fourth-order valence-electron chi connectivity index (χ4n) is 4.17. The van der Waals surface area contributed by atoms with Crippen LogP contribution in [-0.2, 0) is 17.8 Å². The fourth-order valence-corrected chi connectivity index (χ4v) is 4.86. The summed E-state index contributed by atoms with van der Waals surface area (Å²) < 4.78 is 0. The zero-order valence-electron chi connectivity index (χ0n) is 16.6. The molecular weight excluding hydrogens is 388 g/mol. The van der Waals surface area contributed by atoms with Crippen molar-refractivity contribution in [2.45, 2.75) is 51.5 Å². The summed E-state index contributed by atoms with van der Waals surface area (Å²) in [5, 5.41) is 1.88. The van der Waals surface area contributed by atoms with Crippen molar-refractivity contribution < 1.29 is 9.59 Å². The van der Waals surface area contributed by atoms with E-state index in [2.05, 4.69) is 4.98 Å². The van der Waals surface area contributed by atoms with Crippen molar-refractivity contribution >= 4 is 23.2 Å². The number of H-pyrrole nitrogens is 1. The highest BCUT2D eigenvalue weighted by atomic mass is 32.1. The second kappa shape index (κ2) is 8.49. The SMILES string of the molecule is CCCC(=O)N1CCC[C@@H](c2nc3c(c(=O)[nH]2)CN(C(=O)c2cccs2)CC3)C1. The molecule has 1 saturated heterocycles. The highest BCUT2D eigenvalue weighted by Gasteiger charge is 2.29. The molecule has 2 amide bonds. The maximum Gasteiger partial charge on any atom is 0.264 e. The van der Waals surface area contributed by atoms with Gasteiger partial charge >= 0.3 is 0 Å². The van der Waals surface area contributed by atoms with Crippen molar-refractivity contribution in [3.05, 3.63) is 49.8 Å². The molecule has 1 N–H and O–H groups in total. The lowest BCUT2D eigenvalue weighted by atomic mass is 9.96. The number of piperidine rings is 1. The van der Waals surface area contributed by atoms with Crippen molar-refractivity contribution in [1.82, 2.24) is 19.8 Å². The molecule has 7 nitrogen and oxygen atoms in total. The van der Waals surface area contributed by atoms with Crippen LogP contribution in [0.2, 0.25) is 0 Å². The Labute approximate surface area is 173 Å². The van der Waals surface area contributed by atoms with E-state index >= 15 is 0 Å². The third kappa shape index (κ3) is 4.12. The second-order valence-electron chi connectivity index (χ2n) is 7.76. The molecule has 4 rings (SSSR count). The maximum absolute atomic E-state index is 12.8. The Balaban J connectivity index is 1.51. The standard InChI is InChI=1S/C21H26N4O3S/c1-2-5-18(26)24-9-3-6-14(12-24)19-22-16-8-10-25(13-15(16)20(27)23-19)21(28)17-7-4-11-29-17/h4,7,11,14H,2-3,5-6,8-10,12-13H2,1H3,(H,22,23,27)/t14-/m1/s1. The van der Waals surface area contributed by atoms with Gasteiger partial charge in [0, 0.05) is 38.4 Å². The molecule has 154 valence electrons. The van der Waals surface area contributed by atoms with Gasteiger partial charge in [-0.2, -0.15) is 0 Å². The molecule has 2 aliphatic heterocycles. The average molecular weight is 415 g/mol. The number of likely N-dealkylation sites (tertiary alicyclic amines) is 1. The van der Waals surface area contributed by atoms with E-state index in [4.69, 9.17) is 4.98 Å². The minimum absolute atomic E-state index is 0.0357. The molecule has 29 heavy (non-hydrogen) atoms. The van der Waals surface area contributed by atoms with Crippen molar-refractivity contribution in [3.8, 4) is 0 Å². The quantitative estimate of drug-likeness (QED) is 0.833. The predicted octanol–water partition coefficient (Wildman–Crippen LogP) is 2.54. The molecule has 0 radical (unpaired) electrons. The Morgan fingerprint density at radius 1 is 1.31 bits per heavy atom. The van der Waals surface area contributed by atoms with Crippen LogP contribution >= 0.6 is 11.3 Å². The summed E-state index contributed by atoms with van der Waals surface area (Å²) in [6.07, 6.45) is 3.82. The lowest BCUT2D eigenvalue weighted by Gasteiger charge is -2.33. The van der Waals surface area contributed by atoms with Gasteiger partial charge in [0.05, 0.1) is 22.7 Å². The van der Waals surface area contributed by atoms with E-state index in [1.54, 1.807) is 4.90 Å². The third-order valence-corrected chi connectivity index (χ3v) is 6.59. The van der Waals surface area contributed by atoms with Crippen LogP contribution in [0.5, 0.6) is 0 Å². The topological polar surface area (TPSA) is 86.4 Å². The van der Waals surface area contributed by atoms with Gasteiger partial charge in [0.2, 0.25) is 5.91 Å². The average Bonchev–Trinajstić information content (AvgIpc) is 3.28. The Hall–Kier alpha value is -2.48. The van der Waals surface area contributed by atoms with Crippen LogP contribution in [0.4, 0.5) is 0 Å². The van der Waals surface area contributed by atoms with E-state index in [0.29, 0.717) is 48.7 Å². The molecule has 2 aromatic rings. The summed E-state index contributed by atoms with van der Waals surface area (Å²) in [7, 11) is 0. The zero-order valence-corrected chi connectivity index (χ0v) is 17.5. The largest absolute Gasteiger partial charge is 0.342 e. The first-order valence-electron chi connectivity index (χ1n) is 10.3. The minimum Gasteiger partial charge on any atom is -0.342 e. The van der Waals surface area contributed by atoms with E-state index < -0.39 is 0 Å². The van der Waals surface area contributed by atoms with Gasteiger partial charge in [0.25, 0.3) is 11.5 Å². The lowest BCUT2D eigenvalue weighted by molar-refractivity contribution is -0.132. The number of aromatic nitrogens is 2. The number of carbonyl (C=O) groups is 2. The molecule has 1 fully saturated rings. The highest BCUT2D eigenvalue weighted by Crippen LogP contribution is 2.26. The van der Waals surface area contributed by atoms with Gasteiger partial charge in [-0.05, 0) is 30.7 Å². The Bertz CT molecular complexity index is 953. The van der Waals surface area contributed by atoms with E-state index in [9.17, 15) is 14.4 Å². The first-order valence-corrected chi connectivity index (χ1v) is 11.2. The van der Waals surface area contributed by atoms with Crippen LogP contribution < -0.4 is 5.56 Å². The Morgan fingerprint density at radius 3 is 2.93 bits per heavy atom. The predicted molar refractivity (Wildman–Crippen MR) is 111 cm³/mol. The van der Waals surface area contributed by atoms with Crippen LogP contribution in [0.1, 0.15) is 65.3 Å². The summed E-state index contributed by atoms with van der Waals surface area (Å²) in [6, 6.07) is 3.66. The summed E-state index contributed by atoms with van der Waals surface area (Å²) in [6.45, 7) is 4.26. The first kappa shape index (κ1) is 19.8. The summed E-state index contributed by atoms with van der Waals surface area (Å²) in [4.78, 5) is 49.7. The van der Waals surface area contributed by atoms with Crippen molar-refractivity contribution in [2.75, 3.05) is 19.6 Å². The van der Waals surface area contributed by atoms with E-state index in [1.165, 1.54) is 11.3 Å². The number of hydrogen-bond acceptors (Lipinski definition) is 5. The molecule has 0 bridgehead atoms. The molecule has 0 spiro atoms. The summed E-state index contributed by atoms with van der Waals surface area (Å²) >= 11 is 1.41. The van der Waals surface area contributed by atoms with Gasteiger partial charge < -0.3 is 14.8 Å². The number of rotatable bonds is 4. The molecule has 0 aromatic carbocycles. The van der Waals surface area contributed by atoms with Gasteiger partial charge in [-0.15, -0.1) is 11.3 Å². The van der Waals surface area contributed by atoms with Gasteiger partial charge in [-0.3, -0.25) is 14.4 Å². The molecule has 4 heterocycles. The van der Waals surface area contributed by atoms with Crippen LogP contribution in [-0.4, -0.2) is 51.2 Å². The smallest absolute Gasteiger partial charge is 0.264 e. The number of aromatic amines is 1. The normalized spacial score (nSPS) is 19.1. The highest BCUT2D eigenvalue weighted by molar-refractivity contribution is 7.12. The molecule has 0 unspecified atom stereocenters. The summed E-state index contributed by atoms with van der Waals surface area (Å²) in [5.74, 6) is 0.890. The van der Waals surface area contributed by atoms with Crippen molar-refractivity contribution in [2.24, 2.45) is 0 Å². The molecular formula is C21H26N4O3S. The molecule has 0 saturated carbocycles. The number of amides is 2. The third-order valence-electron chi connectivity index (χ3n) is 5.73. The molecule has 2 aromatic heterocycles. The van der Waals surface area contributed by atoms with E-state index in [1.807, 2.05) is 29.3 Å². The maximum atomic E-state index is 12.8. The number of fused-ring (bicyclic) bond motifs is 1. The number of nitrogens with zero attached hydrogens (tertiary/aromatic N) is 3. The summed E-state index contributed by atoms with van der Waals surface area (Å²) in [5.41, 5.74) is 1.21. The lowest BCUT2D eigenvalue weighted by Crippen LogP contribution is -2.42. The second-order valence-corrected chi connectivity index (χ2v) is 8.71. The number of thiophene rings is 1. The number of hydrogen-bond donors (Lipinski definition) is 1. The van der Waals surface area contributed by atoms with Crippen molar-refractivity contribution in [1.29, 1.82) is 0 Å². The molecule has 8 heteroatoms. The number of nitrogens with one attached hydrogen (secondary N) is 1. The number of carbonyl (C=O) groups excluding carboxylic acids is 2. The van der Waals surface area contributed by atoms with Crippen LogP contribution in [0, 0.1) is 0 Å². The van der Waals surface area contributed by atoms with Crippen LogP contribution in [0.25, 0.3) is 0 Å². The van der Waals surface area contributed by atoms with Crippen molar-refractivity contribution in [3.63, 3.8) is 0 Å². The van der Waals surface area contributed by atoms with Gasteiger partial charge in [-0.25, -0.2) is 4.98 Å². The zero-order chi connectivity index (χ0) is 20.4. The van der Waals surface area contributed by atoms with E-state index in [-0.39, 0.29) is 23.3 Å². The molecule has 1 atom stereocenters.